The molecule has 1 aliphatic heterocycles. The van der Waals surface area contributed by atoms with Crippen molar-refractivity contribution in [3.8, 4) is 0 Å². The van der Waals surface area contributed by atoms with Crippen LogP contribution in [0.25, 0.3) is 0 Å². The van der Waals surface area contributed by atoms with Crippen LogP contribution in [0.1, 0.15) is 36.9 Å². The van der Waals surface area contributed by atoms with Crippen LogP contribution in [0, 0.1) is 0 Å². The Morgan fingerprint density at radius 1 is 1.32 bits per heavy atom. The van der Waals surface area contributed by atoms with E-state index in [9.17, 15) is 22.8 Å². The van der Waals surface area contributed by atoms with Crippen LogP contribution in [0.2, 0.25) is 0 Å². The number of alkyl halides is 3. The first kappa shape index (κ1) is 16.3. The van der Waals surface area contributed by atoms with Crippen LogP contribution in [0.5, 0.6) is 0 Å². The van der Waals surface area contributed by atoms with Gasteiger partial charge in [0.15, 0.2) is 0 Å². The first-order chi connectivity index (χ1) is 10.3. The van der Waals surface area contributed by atoms with Crippen molar-refractivity contribution in [1.29, 1.82) is 0 Å². The highest BCUT2D eigenvalue weighted by atomic mass is 19.4. The SMILES string of the molecule is COC(=O)C1CCC(=O)N1C(C)c1ccc(C(F)(F)F)cc1. The van der Waals surface area contributed by atoms with Crippen molar-refractivity contribution < 1.29 is 27.5 Å². The van der Waals surface area contributed by atoms with E-state index in [4.69, 9.17) is 0 Å². The van der Waals surface area contributed by atoms with Crippen molar-refractivity contribution in [2.24, 2.45) is 0 Å². The Kier molecular flexibility index (Phi) is 4.44. The van der Waals surface area contributed by atoms with Gasteiger partial charge in [-0.3, -0.25) is 4.79 Å². The van der Waals surface area contributed by atoms with Crippen LogP contribution < -0.4 is 0 Å². The van der Waals surface area contributed by atoms with Gasteiger partial charge in [0.2, 0.25) is 5.91 Å². The van der Waals surface area contributed by atoms with Crippen molar-refractivity contribution >= 4 is 11.9 Å². The van der Waals surface area contributed by atoms with Crippen molar-refractivity contribution in [3.63, 3.8) is 0 Å². The number of likely N-dealkylation sites (tertiary alicyclic amines) is 1. The van der Waals surface area contributed by atoms with E-state index in [0.717, 1.165) is 12.1 Å². The number of hydrogen-bond donors (Lipinski definition) is 0. The Morgan fingerprint density at radius 3 is 2.41 bits per heavy atom. The Balaban J connectivity index is 2.24. The number of methoxy groups -OCH3 is 1. The van der Waals surface area contributed by atoms with Gasteiger partial charge in [0.1, 0.15) is 6.04 Å². The number of benzene rings is 1. The molecule has 2 atom stereocenters. The second-order valence-corrected chi connectivity index (χ2v) is 5.17. The first-order valence-electron chi connectivity index (χ1n) is 6.82. The summed E-state index contributed by atoms with van der Waals surface area (Å²) in [6, 6.07) is 3.41. The molecule has 2 rings (SSSR count). The maximum absolute atomic E-state index is 12.6. The highest BCUT2D eigenvalue weighted by Crippen LogP contribution is 2.33. The van der Waals surface area contributed by atoms with Gasteiger partial charge in [-0.05, 0) is 31.0 Å². The Labute approximate surface area is 125 Å². The molecule has 0 radical (unpaired) electrons. The lowest BCUT2D eigenvalue weighted by atomic mass is 10.0. The normalized spacial score (nSPS) is 20.1. The minimum Gasteiger partial charge on any atom is -0.467 e. The van der Waals surface area contributed by atoms with E-state index in [1.54, 1.807) is 6.92 Å². The van der Waals surface area contributed by atoms with E-state index in [1.807, 2.05) is 0 Å². The van der Waals surface area contributed by atoms with Gasteiger partial charge in [0, 0.05) is 6.42 Å². The number of hydrogen-bond acceptors (Lipinski definition) is 3. The van der Waals surface area contributed by atoms with Gasteiger partial charge < -0.3 is 9.64 Å². The second kappa shape index (κ2) is 5.98. The summed E-state index contributed by atoms with van der Waals surface area (Å²) in [5.41, 5.74) is -0.210. The molecule has 7 heteroatoms. The Hall–Kier alpha value is -2.05. The smallest absolute Gasteiger partial charge is 0.416 e. The van der Waals surface area contributed by atoms with Crippen LogP contribution in [0.15, 0.2) is 24.3 Å². The van der Waals surface area contributed by atoms with Crippen LogP contribution in [0.4, 0.5) is 13.2 Å². The molecule has 0 spiro atoms. The molecule has 0 aliphatic carbocycles. The number of carbonyl (C=O) groups excluding carboxylic acids is 2. The van der Waals surface area contributed by atoms with E-state index < -0.39 is 29.8 Å². The average Bonchev–Trinajstić information content (AvgIpc) is 2.86. The largest absolute Gasteiger partial charge is 0.467 e. The molecule has 1 amide bonds. The van der Waals surface area contributed by atoms with Gasteiger partial charge in [-0.25, -0.2) is 4.79 Å². The number of rotatable bonds is 3. The zero-order valence-corrected chi connectivity index (χ0v) is 12.2. The molecule has 120 valence electrons. The maximum Gasteiger partial charge on any atom is 0.416 e. The first-order valence-corrected chi connectivity index (χ1v) is 6.82. The summed E-state index contributed by atoms with van der Waals surface area (Å²) in [5.74, 6) is -0.715. The van der Waals surface area contributed by atoms with Crippen molar-refractivity contribution in [2.45, 2.75) is 38.0 Å². The quantitative estimate of drug-likeness (QED) is 0.806. The standard InChI is InChI=1S/C15H16F3NO3/c1-9(10-3-5-11(6-4-10)15(16,17)18)19-12(14(21)22-2)7-8-13(19)20/h3-6,9,12H,7-8H2,1-2H3. The van der Waals surface area contributed by atoms with Crippen LogP contribution in [0.3, 0.4) is 0 Å². The topological polar surface area (TPSA) is 46.6 Å². The summed E-state index contributed by atoms with van der Waals surface area (Å²) in [5, 5.41) is 0. The predicted molar refractivity (Wildman–Crippen MR) is 71.7 cm³/mol. The summed E-state index contributed by atoms with van der Waals surface area (Å²) in [4.78, 5) is 25.1. The molecule has 1 aliphatic rings. The van der Waals surface area contributed by atoms with Crippen LogP contribution >= 0.6 is 0 Å². The van der Waals surface area contributed by atoms with Gasteiger partial charge in [-0.1, -0.05) is 12.1 Å². The van der Waals surface area contributed by atoms with E-state index in [1.165, 1.54) is 24.1 Å². The molecule has 1 heterocycles. The lowest BCUT2D eigenvalue weighted by Gasteiger charge is -2.29. The third-order valence-corrected chi connectivity index (χ3v) is 3.87. The number of carbonyl (C=O) groups is 2. The molecule has 0 N–H and O–H groups in total. The monoisotopic (exact) mass is 315 g/mol. The van der Waals surface area contributed by atoms with E-state index in [-0.39, 0.29) is 12.3 Å². The number of amides is 1. The van der Waals surface area contributed by atoms with Crippen LogP contribution in [-0.4, -0.2) is 29.9 Å². The van der Waals surface area contributed by atoms with Crippen molar-refractivity contribution in [1.82, 2.24) is 4.90 Å². The zero-order chi connectivity index (χ0) is 16.5. The molecule has 1 saturated heterocycles. The minimum atomic E-state index is -4.40. The van der Waals surface area contributed by atoms with Gasteiger partial charge in [0.25, 0.3) is 0 Å². The molecule has 0 aromatic heterocycles. The molecule has 2 unspecified atom stereocenters. The molecule has 1 aromatic rings. The number of halogens is 3. The predicted octanol–water partition coefficient (Wildman–Crippen LogP) is 2.93. The fourth-order valence-corrected chi connectivity index (χ4v) is 2.67. The summed E-state index contributed by atoms with van der Waals surface area (Å²) in [6.45, 7) is 1.68. The number of nitrogens with zero attached hydrogens (tertiary/aromatic N) is 1. The third-order valence-electron chi connectivity index (χ3n) is 3.87. The molecule has 1 aromatic carbocycles. The summed E-state index contributed by atoms with van der Waals surface area (Å²) in [6.07, 6.45) is -3.82. The van der Waals surface area contributed by atoms with Gasteiger partial charge >= 0.3 is 12.1 Å². The molecular weight excluding hydrogens is 299 g/mol. The minimum absolute atomic E-state index is 0.206. The maximum atomic E-state index is 12.6. The molecule has 0 saturated carbocycles. The lowest BCUT2D eigenvalue weighted by molar-refractivity contribution is -0.150. The van der Waals surface area contributed by atoms with Crippen LogP contribution in [-0.2, 0) is 20.5 Å². The van der Waals surface area contributed by atoms with Gasteiger partial charge in [-0.2, -0.15) is 13.2 Å². The summed E-state index contributed by atoms with van der Waals surface area (Å²) < 4.78 is 42.4. The highest BCUT2D eigenvalue weighted by Gasteiger charge is 2.40. The number of esters is 1. The lowest BCUT2D eigenvalue weighted by Crippen LogP contribution is -2.40. The molecule has 0 bridgehead atoms. The van der Waals surface area contributed by atoms with E-state index >= 15 is 0 Å². The molecular formula is C15H16F3NO3. The van der Waals surface area contributed by atoms with Gasteiger partial charge in [0.05, 0.1) is 18.7 Å². The van der Waals surface area contributed by atoms with Crippen molar-refractivity contribution in [3.05, 3.63) is 35.4 Å². The van der Waals surface area contributed by atoms with E-state index in [2.05, 4.69) is 4.74 Å². The van der Waals surface area contributed by atoms with Crippen molar-refractivity contribution in [2.75, 3.05) is 7.11 Å². The fraction of sp³-hybridized carbons (Fsp3) is 0.467. The highest BCUT2D eigenvalue weighted by molar-refractivity contribution is 5.88. The average molecular weight is 315 g/mol. The number of ether oxygens (including phenoxy) is 1. The second-order valence-electron chi connectivity index (χ2n) is 5.17. The zero-order valence-electron chi connectivity index (χ0n) is 12.2. The summed E-state index contributed by atoms with van der Waals surface area (Å²) in [7, 11) is 1.24. The molecule has 22 heavy (non-hydrogen) atoms. The third kappa shape index (κ3) is 3.08. The molecule has 4 nitrogen and oxygen atoms in total. The van der Waals surface area contributed by atoms with Gasteiger partial charge in [-0.15, -0.1) is 0 Å². The Morgan fingerprint density at radius 2 is 1.91 bits per heavy atom. The summed E-state index contributed by atoms with van der Waals surface area (Å²) >= 11 is 0. The van der Waals surface area contributed by atoms with E-state index in [0.29, 0.717) is 12.0 Å². The fourth-order valence-electron chi connectivity index (χ4n) is 2.67. The molecule has 1 fully saturated rings. The Bertz CT molecular complexity index is 568.